The Labute approximate surface area is 160 Å². The molecule has 0 spiro atoms. The summed E-state index contributed by atoms with van der Waals surface area (Å²) in [5.74, 6) is -0.241. The Morgan fingerprint density at radius 2 is 2.00 bits per heavy atom. The van der Waals surface area contributed by atoms with Gasteiger partial charge in [0.1, 0.15) is 12.4 Å². The summed E-state index contributed by atoms with van der Waals surface area (Å²) in [6.45, 7) is 3.38. The number of aromatic nitrogens is 1. The maximum atomic E-state index is 12.8. The molecule has 3 rings (SSSR count). The van der Waals surface area contributed by atoms with Crippen LogP contribution in [0.5, 0.6) is 5.75 Å². The van der Waals surface area contributed by atoms with Crippen LogP contribution in [-0.2, 0) is 9.59 Å². The number of carbonyl (C=O) groups is 2. The number of non-ortho nitro benzene ring substituents is 1. The van der Waals surface area contributed by atoms with E-state index in [1.54, 1.807) is 12.1 Å². The lowest BCUT2D eigenvalue weighted by Crippen LogP contribution is -2.51. The van der Waals surface area contributed by atoms with Gasteiger partial charge in [-0.15, -0.1) is 0 Å². The number of nitrogens with two attached hydrogens (primary N) is 1. The van der Waals surface area contributed by atoms with Crippen LogP contribution in [0, 0.1) is 16.0 Å². The lowest BCUT2D eigenvalue weighted by molar-refractivity contribution is -0.384. The third kappa shape index (κ3) is 3.85. The largest absolute Gasteiger partial charge is 0.476 e. The smallest absolute Gasteiger partial charge is 0.270 e. The first-order chi connectivity index (χ1) is 13.3. The second-order valence-corrected chi connectivity index (χ2v) is 6.62. The molecule has 1 aliphatic heterocycles. The zero-order valence-corrected chi connectivity index (χ0v) is 15.3. The third-order valence-corrected chi connectivity index (χ3v) is 4.15. The van der Waals surface area contributed by atoms with Gasteiger partial charge < -0.3 is 15.8 Å². The van der Waals surface area contributed by atoms with E-state index >= 15 is 0 Å². The predicted octanol–water partition coefficient (Wildman–Crippen LogP) is 1.96. The van der Waals surface area contributed by atoms with Gasteiger partial charge in [0.25, 0.3) is 11.6 Å². The highest BCUT2D eigenvalue weighted by molar-refractivity contribution is 6.05. The van der Waals surface area contributed by atoms with E-state index in [9.17, 15) is 19.7 Å². The number of amides is 2. The molecule has 10 heteroatoms. The van der Waals surface area contributed by atoms with E-state index in [1.165, 1.54) is 29.2 Å². The standard InChI is InChI=1S/C18H19N5O5/c1-10(2)16-18(25)22(17-13(28-16)7-8-14(19)21-17)9-15(24)20-11-3-5-12(6-4-11)23(26)27/h3-8,10,16H,9H2,1-2H3,(H2,19,21)(H,20,24). The van der Waals surface area contributed by atoms with Gasteiger partial charge in [-0.05, 0) is 30.2 Å². The lowest BCUT2D eigenvalue weighted by Gasteiger charge is -2.34. The predicted molar refractivity (Wildman–Crippen MR) is 102 cm³/mol. The summed E-state index contributed by atoms with van der Waals surface area (Å²) in [6, 6.07) is 8.56. The third-order valence-electron chi connectivity index (χ3n) is 4.15. The summed E-state index contributed by atoms with van der Waals surface area (Å²) in [5.41, 5.74) is 6.00. The van der Waals surface area contributed by atoms with Crippen molar-refractivity contribution in [3.63, 3.8) is 0 Å². The van der Waals surface area contributed by atoms with Crippen molar-refractivity contribution in [2.24, 2.45) is 5.92 Å². The number of nitrogens with one attached hydrogen (secondary N) is 1. The minimum Gasteiger partial charge on any atom is -0.476 e. The van der Waals surface area contributed by atoms with Gasteiger partial charge in [0, 0.05) is 17.8 Å². The normalized spacial score (nSPS) is 15.8. The minimum atomic E-state index is -0.745. The van der Waals surface area contributed by atoms with Crippen LogP contribution in [-0.4, -0.2) is 34.4 Å². The fraction of sp³-hybridized carbons (Fsp3) is 0.278. The molecule has 10 nitrogen and oxygen atoms in total. The van der Waals surface area contributed by atoms with Crippen molar-refractivity contribution in [3.05, 3.63) is 46.5 Å². The molecule has 146 valence electrons. The number of benzene rings is 1. The first-order valence-electron chi connectivity index (χ1n) is 8.55. The van der Waals surface area contributed by atoms with E-state index in [-0.39, 0.29) is 35.7 Å². The Morgan fingerprint density at radius 1 is 1.32 bits per heavy atom. The molecule has 0 fully saturated rings. The molecular formula is C18H19N5O5. The van der Waals surface area contributed by atoms with Crippen molar-refractivity contribution < 1.29 is 19.2 Å². The number of ether oxygens (including phenoxy) is 1. The van der Waals surface area contributed by atoms with Crippen molar-refractivity contribution in [1.82, 2.24) is 4.98 Å². The molecular weight excluding hydrogens is 366 g/mol. The SMILES string of the molecule is CC(C)C1Oc2ccc(N)nc2N(CC(=O)Nc2ccc([N+](=O)[O-])cc2)C1=O. The Bertz CT molecular complexity index is 928. The number of carbonyl (C=O) groups excluding carboxylic acids is 2. The zero-order chi connectivity index (χ0) is 20.4. The number of hydrogen-bond donors (Lipinski definition) is 2. The molecule has 0 radical (unpaired) electrons. The molecule has 3 N–H and O–H groups in total. The van der Waals surface area contributed by atoms with Crippen molar-refractivity contribution in [2.45, 2.75) is 20.0 Å². The quantitative estimate of drug-likeness (QED) is 0.592. The molecule has 0 bridgehead atoms. The number of nitro benzene ring substituents is 1. The highest BCUT2D eigenvalue weighted by Crippen LogP contribution is 2.34. The average Bonchev–Trinajstić information content (AvgIpc) is 2.64. The maximum Gasteiger partial charge on any atom is 0.270 e. The van der Waals surface area contributed by atoms with E-state index in [4.69, 9.17) is 10.5 Å². The number of nitrogen functional groups attached to an aromatic ring is 1. The van der Waals surface area contributed by atoms with Crippen LogP contribution in [0.25, 0.3) is 0 Å². The Hall–Kier alpha value is -3.69. The van der Waals surface area contributed by atoms with Crippen LogP contribution in [0.3, 0.4) is 0 Å². The van der Waals surface area contributed by atoms with Crippen LogP contribution in [0.2, 0.25) is 0 Å². The van der Waals surface area contributed by atoms with Crippen molar-refractivity contribution in [3.8, 4) is 5.75 Å². The van der Waals surface area contributed by atoms with Gasteiger partial charge in [-0.3, -0.25) is 24.6 Å². The fourth-order valence-corrected chi connectivity index (χ4v) is 2.77. The molecule has 0 saturated heterocycles. The Balaban J connectivity index is 1.81. The number of nitrogens with zero attached hydrogens (tertiary/aromatic N) is 3. The highest BCUT2D eigenvalue weighted by atomic mass is 16.6. The van der Waals surface area contributed by atoms with Gasteiger partial charge in [-0.25, -0.2) is 4.98 Å². The highest BCUT2D eigenvalue weighted by Gasteiger charge is 2.38. The van der Waals surface area contributed by atoms with Gasteiger partial charge >= 0.3 is 0 Å². The zero-order valence-electron chi connectivity index (χ0n) is 15.3. The van der Waals surface area contributed by atoms with Gasteiger partial charge in [0.15, 0.2) is 17.7 Å². The van der Waals surface area contributed by atoms with Crippen LogP contribution >= 0.6 is 0 Å². The summed E-state index contributed by atoms with van der Waals surface area (Å²) in [7, 11) is 0. The van der Waals surface area contributed by atoms with Crippen LogP contribution in [0.15, 0.2) is 36.4 Å². The summed E-state index contributed by atoms with van der Waals surface area (Å²) in [4.78, 5) is 40.8. The topological polar surface area (TPSA) is 141 Å². The summed E-state index contributed by atoms with van der Waals surface area (Å²) in [6.07, 6.45) is -0.745. The van der Waals surface area contributed by atoms with Crippen LogP contribution in [0.4, 0.5) is 23.0 Å². The molecule has 1 aliphatic rings. The van der Waals surface area contributed by atoms with Gasteiger partial charge in [-0.2, -0.15) is 0 Å². The number of nitro groups is 1. The first kappa shape index (κ1) is 19.1. The molecule has 1 atom stereocenters. The average molecular weight is 385 g/mol. The van der Waals surface area contributed by atoms with Crippen LogP contribution in [0.1, 0.15) is 13.8 Å². The number of pyridine rings is 1. The van der Waals surface area contributed by atoms with Gasteiger partial charge in [-0.1, -0.05) is 13.8 Å². The van der Waals surface area contributed by atoms with Crippen LogP contribution < -0.4 is 20.7 Å². The molecule has 2 heterocycles. The summed E-state index contributed by atoms with van der Waals surface area (Å²) < 4.78 is 5.72. The van der Waals surface area contributed by atoms with E-state index < -0.39 is 16.9 Å². The Morgan fingerprint density at radius 3 is 2.61 bits per heavy atom. The molecule has 1 aromatic carbocycles. The first-order valence-corrected chi connectivity index (χ1v) is 8.55. The van der Waals surface area contributed by atoms with Gasteiger partial charge in [0.2, 0.25) is 5.91 Å². The summed E-state index contributed by atoms with van der Waals surface area (Å²) in [5, 5.41) is 13.3. The van der Waals surface area contributed by atoms with Crippen molar-refractivity contribution in [2.75, 3.05) is 22.5 Å². The molecule has 0 saturated carbocycles. The van der Waals surface area contributed by atoms with E-state index in [2.05, 4.69) is 10.3 Å². The number of rotatable bonds is 5. The summed E-state index contributed by atoms with van der Waals surface area (Å²) >= 11 is 0. The fourth-order valence-electron chi connectivity index (χ4n) is 2.77. The van der Waals surface area contributed by atoms with E-state index in [0.29, 0.717) is 11.4 Å². The molecule has 1 unspecified atom stereocenters. The molecule has 0 aliphatic carbocycles. The lowest BCUT2D eigenvalue weighted by atomic mass is 10.0. The second-order valence-electron chi connectivity index (χ2n) is 6.62. The van der Waals surface area contributed by atoms with E-state index in [0.717, 1.165) is 0 Å². The maximum absolute atomic E-state index is 12.8. The monoisotopic (exact) mass is 385 g/mol. The van der Waals surface area contributed by atoms with E-state index in [1.807, 2.05) is 13.8 Å². The van der Waals surface area contributed by atoms with Gasteiger partial charge in [0.05, 0.1) is 4.92 Å². The molecule has 28 heavy (non-hydrogen) atoms. The molecule has 1 aromatic heterocycles. The number of hydrogen-bond acceptors (Lipinski definition) is 7. The second kappa shape index (κ2) is 7.51. The molecule has 2 aromatic rings. The number of anilines is 3. The number of fused-ring (bicyclic) bond motifs is 1. The minimum absolute atomic E-state index is 0.0882. The Kier molecular flexibility index (Phi) is 5.12. The van der Waals surface area contributed by atoms with Crippen molar-refractivity contribution >= 4 is 34.8 Å². The van der Waals surface area contributed by atoms with Crippen molar-refractivity contribution in [1.29, 1.82) is 0 Å². The molecule has 2 amide bonds.